The zero-order valence-electron chi connectivity index (χ0n) is 13.4. The highest BCUT2D eigenvalue weighted by molar-refractivity contribution is 7.99. The number of carbonyl (C=O) groups excluding carboxylic acids is 2. The van der Waals surface area contributed by atoms with Crippen LogP contribution in [0.4, 0.5) is 0 Å². The summed E-state index contributed by atoms with van der Waals surface area (Å²) >= 11 is 2.86. The van der Waals surface area contributed by atoms with E-state index in [1.54, 1.807) is 40.3 Å². The van der Waals surface area contributed by atoms with E-state index in [1.165, 1.54) is 18.7 Å². The predicted molar refractivity (Wildman–Crippen MR) is 96.0 cm³/mol. The van der Waals surface area contributed by atoms with Gasteiger partial charge in [0, 0.05) is 10.4 Å². The molecule has 25 heavy (non-hydrogen) atoms. The Morgan fingerprint density at radius 1 is 1.24 bits per heavy atom. The second kappa shape index (κ2) is 8.04. The van der Waals surface area contributed by atoms with Crippen molar-refractivity contribution in [3.8, 4) is 5.69 Å². The molecule has 0 aliphatic heterocycles. The highest BCUT2D eigenvalue weighted by Crippen LogP contribution is 2.18. The van der Waals surface area contributed by atoms with Gasteiger partial charge in [0.2, 0.25) is 11.1 Å². The van der Waals surface area contributed by atoms with Gasteiger partial charge in [-0.05, 0) is 53.1 Å². The number of nitrogens with zero attached hydrogens (tertiary/aromatic N) is 4. The zero-order valence-corrected chi connectivity index (χ0v) is 15.0. The van der Waals surface area contributed by atoms with Crippen molar-refractivity contribution in [2.45, 2.75) is 18.6 Å². The molecular weight excluding hydrogens is 358 g/mol. The predicted octanol–water partition coefficient (Wildman–Crippen LogP) is 2.33. The number of thiophene rings is 1. The average Bonchev–Trinajstić information content (AvgIpc) is 3.29. The van der Waals surface area contributed by atoms with Gasteiger partial charge in [-0.2, -0.15) is 4.68 Å². The van der Waals surface area contributed by atoms with E-state index in [2.05, 4.69) is 20.8 Å². The van der Waals surface area contributed by atoms with Gasteiger partial charge in [0.15, 0.2) is 5.78 Å². The molecule has 1 aromatic carbocycles. The van der Waals surface area contributed by atoms with Crippen LogP contribution in [-0.2, 0) is 11.3 Å². The van der Waals surface area contributed by atoms with E-state index in [1.807, 2.05) is 17.5 Å². The Morgan fingerprint density at radius 2 is 2.04 bits per heavy atom. The summed E-state index contributed by atoms with van der Waals surface area (Å²) in [6, 6.07) is 10.9. The minimum Gasteiger partial charge on any atom is -0.350 e. The summed E-state index contributed by atoms with van der Waals surface area (Å²) < 4.78 is 1.54. The smallest absolute Gasteiger partial charge is 0.230 e. The third-order valence-corrected chi connectivity index (χ3v) is 5.13. The van der Waals surface area contributed by atoms with Crippen LogP contribution in [0.15, 0.2) is 46.9 Å². The van der Waals surface area contributed by atoms with E-state index in [9.17, 15) is 9.59 Å². The van der Waals surface area contributed by atoms with E-state index in [-0.39, 0.29) is 17.4 Å². The quantitative estimate of drug-likeness (QED) is 0.505. The SMILES string of the molecule is CC(=O)c1ccc(-n2nnnc2SCC(=O)NCc2cccs2)cc1. The van der Waals surface area contributed by atoms with Gasteiger partial charge < -0.3 is 5.32 Å². The topological polar surface area (TPSA) is 89.8 Å². The largest absolute Gasteiger partial charge is 0.350 e. The number of amides is 1. The van der Waals surface area contributed by atoms with Crippen molar-refractivity contribution in [3.63, 3.8) is 0 Å². The molecule has 9 heteroatoms. The molecule has 3 aromatic rings. The Bertz CT molecular complexity index is 859. The van der Waals surface area contributed by atoms with Gasteiger partial charge in [-0.15, -0.1) is 16.4 Å². The highest BCUT2D eigenvalue weighted by Gasteiger charge is 2.12. The molecule has 0 saturated heterocycles. The molecule has 0 aliphatic carbocycles. The summed E-state index contributed by atoms with van der Waals surface area (Å²) in [7, 11) is 0. The van der Waals surface area contributed by atoms with Crippen LogP contribution in [0.25, 0.3) is 5.69 Å². The molecule has 0 unspecified atom stereocenters. The molecule has 2 aromatic heterocycles. The second-order valence-electron chi connectivity index (χ2n) is 5.12. The van der Waals surface area contributed by atoms with Crippen molar-refractivity contribution in [3.05, 3.63) is 52.2 Å². The van der Waals surface area contributed by atoms with Crippen LogP contribution in [0.1, 0.15) is 22.2 Å². The number of ketones is 1. The fourth-order valence-electron chi connectivity index (χ4n) is 2.05. The molecule has 1 N–H and O–H groups in total. The molecule has 0 saturated carbocycles. The first kappa shape index (κ1) is 17.3. The minimum absolute atomic E-state index is 0.000255. The Balaban J connectivity index is 1.59. The van der Waals surface area contributed by atoms with Crippen LogP contribution in [-0.4, -0.2) is 37.7 Å². The van der Waals surface area contributed by atoms with Crippen molar-refractivity contribution in [1.82, 2.24) is 25.5 Å². The molecule has 0 bridgehead atoms. The summed E-state index contributed by atoms with van der Waals surface area (Å²) in [6.07, 6.45) is 0. The number of benzene rings is 1. The number of aromatic nitrogens is 4. The zero-order chi connectivity index (χ0) is 17.6. The first-order chi connectivity index (χ1) is 12.1. The Labute approximate surface area is 152 Å². The number of nitrogens with one attached hydrogen (secondary N) is 1. The van der Waals surface area contributed by atoms with E-state index >= 15 is 0 Å². The summed E-state index contributed by atoms with van der Waals surface area (Å²) in [5.74, 6) is 0.136. The number of thioether (sulfide) groups is 1. The molecule has 2 heterocycles. The maximum atomic E-state index is 12.0. The molecule has 3 rings (SSSR count). The van der Waals surface area contributed by atoms with Crippen LogP contribution >= 0.6 is 23.1 Å². The third-order valence-electron chi connectivity index (χ3n) is 3.33. The lowest BCUT2D eigenvalue weighted by atomic mass is 10.1. The molecule has 128 valence electrons. The molecule has 0 radical (unpaired) electrons. The van der Waals surface area contributed by atoms with Crippen LogP contribution in [0.5, 0.6) is 0 Å². The summed E-state index contributed by atoms with van der Waals surface area (Å²) in [4.78, 5) is 24.4. The van der Waals surface area contributed by atoms with Gasteiger partial charge in [-0.25, -0.2) is 0 Å². The maximum absolute atomic E-state index is 12.0. The van der Waals surface area contributed by atoms with Gasteiger partial charge in [0.05, 0.1) is 18.0 Å². The lowest BCUT2D eigenvalue weighted by Crippen LogP contribution is -2.24. The van der Waals surface area contributed by atoms with Crippen LogP contribution < -0.4 is 5.32 Å². The Morgan fingerprint density at radius 3 is 2.72 bits per heavy atom. The minimum atomic E-state index is -0.0834. The molecule has 0 atom stereocenters. The number of rotatable bonds is 7. The fraction of sp³-hybridized carbons (Fsp3) is 0.188. The fourth-order valence-corrected chi connectivity index (χ4v) is 3.41. The van der Waals surface area contributed by atoms with Gasteiger partial charge in [0.1, 0.15) is 0 Å². The van der Waals surface area contributed by atoms with Gasteiger partial charge >= 0.3 is 0 Å². The first-order valence-corrected chi connectivity index (χ1v) is 9.31. The molecule has 7 nitrogen and oxygen atoms in total. The number of hydrogen-bond donors (Lipinski definition) is 1. The number of hydrogen-bond acceptors (Lipinski definition) is 7. The number of tetrazole rings is 1. The normalized spacial score (nSPS) is 10.6. The van der Waals surface area contributed by atoms with Gasteiger partial charge in [0.25, 0.3) is 0 Å². The molecule has 0 aliphatic rings. The van der Waals surface area contributed by atoms with Crippen molar-refractivity contribution < 1.29 is 9.59 Å². The summed E-state index contributed by atoms with van der Waals surface area (Å²) in [6.45, 7) is 2.04. The first-order valence-electron chi connectivity index (χ1n) is 7.45. The molecule has 0 fully saturated rings. The lowest BCUT2D eigenvalue weighted by molar-refractivity contribution is -0.118. The van der Waals surface area contributed by atoms with E-state index < -0.39 is 0 Å². The van der Waals surface area contributed by atoms with Crippen molar-refractivity contribution in [1.29, 1.82) is 0 Å². The molecule has 0 spiro atoms. The third kappa shape index (κ3) is 4.52. The molecular formula is C16H15N5O2S2. The monoisotopic (exact) mass is 373 g/mol. The second-order valence-corrected chi connectivity index (χ2v) is 7.10. The summed E-state index contributed by atoms with van der Waals surface area (Å²) in [5.41, 5.74) is 1.36. The highest BCUT2D eigenvalue weighted by atomic mass is 32.2. The van der Waals surface area contributed by atoms with E-state index in [0.717, 1.165) is 10.6 Å². The van der Waals surface area contributed by atoms with Crippen molar-refractivity contribution in [2.24, 2.45) is 0 Å². The Kier molecular flexibility index (Phi) is 5.56. The van der Waals surface area contributed by atoms with E-state index in [4.69, 9.17) is 0 Å². The van der Waals surface area contributed by atoms with Gasteiger partial charge in [-0.3, -0.25) is 9.59 Å². The standard InChI is InChI=1S/C16H15N5O2S2/c1-11(22)12-4-6-13(7-5-12)21-16(18-19-20-21)25-10-15(23)17-9-14-3-2-8-24-14/h2-8H,9-10H2,1H3,(H,17,23). The van der Waals surface area contributed by atoms with Gasteiger partial charge in [-0.1, -0.05) is 17.8 Å². The number of Topliss-reactive ketones (excluding diaryl/α,β-unsaturated/α-hetero) is 1. The average molecular weight is 373 g/mol. The summed E-state index contributed by atoms with van der Waals surface area (Å²) in [5, 5.41) is 16.9. The lowest BCUT2D eigenvalue weighted by Gasteiger charge is -2.05. The van der Waals surface area contributed by atoms with Crippen LogP contribution in [0, 0.1) is 0 Å². The van der Waals surface area contributed by atoms with Crippen molar-refractivity contribution >= 4 is 34.8 Å². The van der Waals surface area contributed by atoms with Crippen LogP contribution in [0.3, 0.4) is 0 Å². The van der Waals surface area contributed by atoms with E-state index in [0.29, 0.717) is 17.3 Å². The number of carbonyl (C=O) groups is 2. The Hall–Kier alpha value is -2.52. The van der Waals surface area contributed by atoms with Crippen molar-refractivity contribution in [2.75, 3.05) is 5.75 Å². The maximum Gasteiger partial charge on any atom is 0.230 e. The molecule has 1 amide bonds. The van der Waals surface area contributed by atoms with Crippen LogP contribution in [0.2, 0.25) is 0 Å².